The van der Waals surface area contributed by atoms with Crippen molar-refractivity contribution < 1.29 is 4.74 Å². The van der Waals surface area contributed by atoms with Crippen molar-refractivity contribution in [3.05, 3.63) is 42.1 Å². The van der Waals surface area contributed by atoms with E-state index < -0.39 is 0 Å². The molecule has 17 heavy (non-hydrogen) atoms. The van der Waals surface area contributed by atoms with Crippen LogP contribution in [0.2, 0.25) is 0 Å². The topological polar surface area (TPSA) is 48.1 Å². The first-order valence-electron chi connectivity index (χ1n) is 5.91. The second-order valence-electron chi connectivity index (χ2n) is 4.16. The molecule has 0 saturated heterocycles. The van der Waals surface area contributed by atoms with Gasteiger partial charge < -0.3 is 10.5 Å². The van der Waals surface area contributed by atoms with Crippen LogP contribution >= 0.6 is 0 Å². The van der Waals surface area contributed by atoms with Gasteiger partial charge in [0.05, 0.1) is 5.52 Å². The zero-order valence-electron chi connectivity index (χ0n) is 10.1. The van der Waals surface area contributed by atoms with Crippen LogP contribution in [0.5, 0.6) is 0 Å². The lowest BCUT2D eigenvalue weighted by Crippen LogP contribution is -2.12. The Bertz CT molecular complexity index is 479. The Kier molecular flexibility index (Phi) is 4.07. The molecule has 0 fully saturated rings. The number of benzene rings is 1. The minimum atomic E-state index is 0.0312. The third kappa shape index (κ3) is 2.81. The van der Waals surface area contributed by atoms with Gasteiger partial charge in [0, 0.05) is 31.3 Å². The molecule has 90 valence electrons. The van der Waals surface area contributed by atoms with Crippen molar-refractivity contribution in [3.63, 3.8) is 0 Å². The molecule has 3 nitrogen and oxygen atoms in total. The van der Waals surface area contributed by atoms with Gasteiger partial charge in [-0.2, -0.15) is 0 Å². The standard InChI is InChI=1S/C14H18N2O/c1-17-10-4-8-13(15)12-7-2-5-11-6-3-9-16-14(11)12/h2-3,5-7,9,13H,4,8,10,15H2,1H3. The van der Waals surface area contributed by atoms with Gasteiger partial charge in [-0.05, 0) is 24.5 Å². The van der Waals surface area contributed by atoms with Gasteiger partial charge in [0.1, 0.15) is 0 Å². The average Bonchev–Trinajstić information content (AvgIpc) is 2.38. The number of ether oxygens (including phenoxy) is 1. The second-order valence-corrected chi connectivity index (χ2v) is 4.16. The van der Waals surface area contributed by atoms with Gasteiger partial charge in [-0.1, -0.05) is 24.3 Å². The molecule has 2 N–H and O–H groups in total. The molecule has 1 atom stereocenters. The lowest BCUT2D eigenvalue weighted by Gasteiger charge is -2.13. The Morgan fingerprint density at radius 3 is 2.94 bits per heavy atom. The summed E-state index contributed by atoms with van der Waals surface area (Å²) in [6.07, 6.45) is 3.71. The molecule has 1 aromatic carbocycles. The zero-order chi connectivity index (χ0) is 12.1. The maximum Gasteiger partial charge on any atom is 0.0749 e. The molecule has 2 aromatic rings. The Balaban J connectivity index is 2.22. The molecule has 3 heteroatoms. The molecule has 0 saturated carbocycles. The van der Waals surface area contributed by atoms with Gasteiger partial charge in [-0.15, -0.1) is 0 Å². The number of nitrogens with two attached hydrogens (primary N) is 1. The monoisotopic (exact) mass is 230 g/mol. The molecule has 0 spiro atoms. The van der Waals surface area contributed by atoms with Gasteiger partial charge in [0.25, 0.3) is 0 Å². The first kappa shape index (κ1) is 12.0. The number of pyridine rings is 1. The van der Waals surface area contributed by atoms with E-state index >= 15 is 0 Å². The molecule has 0 amide bonds. The number of nitrogens with zero attached hydrogens (tertiary/aromatic N) is 1. The first-order chi connectivity index (χ1) is 8.33. The second kappa shape index (κ2) is 5.75. The fraction of sp³-hybridized carbons (Fsp3) is 0.357. The third-order valence-electron chi connectivity index (χ3n) is 2.93. The minimum absolute atomic E-state index is 0.0312. The molecular weight excluding hydrogens is 212 g/mol. The normalized spacial score (nSPS) is 12.8. The Morgan fingerprint density at radius 1 is 1.29 bits per heavy atom. The lowest BCUT2D eigenvalue weighted by atomic mass is 10.00. The van der Waals surface area contributed by atoms with Crippen LogP contribution in [0.3, 0.4) is 0 Å². The van der Waals surface area contributed by atoms with E-state index in [1.165, 1.54) is 0 Å². The van der Waals surface area contributed by atoms with Gasteiger partial charge in [0.15, 0.2) is 0 Å². The number of fused-ring (bicyclic) bond motifs is 1. The van der Waals surface area contributed by atoms with Crippen LogP contribution in [0, 0.1) is 0 Å². The van der Waals surface area contributed by atoms with Gasteiger partial charge in [-0.3, -0.25) is 4.98 Å². The van der Waals surface area contributed by atoms with E-state index in [9.17, 15) is 0 Å². The van der Waals surface area contributed by atoms with Crippen molar-refractivity contribution in [3.8, 4) is 0 Å². The van der Waals surface area contributed by atoms with E-state index in [4.69, 9.17) is 10.5 Å². The molecule has 1 aromatic heterocycles. The molecule has 0 bridgehead atoms. The number of hydrogen-bond acceptors (Lipinski definition) is 3. The van der Waals surface area contributed by atoms with E-state index in [0.717, 1.165) is 35.9 Å². The number of methoxy groups -OCH3 is 1. The smallest absolute Gasteiger partial charge is 0.0749 e. The third-order valence-corrected chi connectivity index (χ3v) is 2.93. The Hall–Kier alpha value is -1.45. The van der Waals surface area contributed by atoms with Crippen LogP contribution < -0.4 is 5.73 Å². The van der Waals surface area contributed by atoms with Crippen LogP contribution in [0.1, 0.15) is 24.4 Å². The van der Waals surface area contributed by atoms with Crippen molar-refractivity contribution in [1.82, 2.24) is 4.98 Å². The highest BCUT2D eigenvalue weighted by Gasteiger charge is 2.09. The molecular formula is C14H18N2O. The molecule has 0 aliphatic heterocycles. The zero-order valence-corrected chi connectivity index (χ0v) is 10.1. The van der Waals surface area contributed by atoms with Crippen LogP contribution in [0.15, 0.2) is 36.5 Å². The van der Waals surface area contributed by atoms with Crippen LogP contribution in [-0.2, 0) is 4.74 Å². The maximum absolute atomic E-state index is 6.21. The van der Waals surface area contributed by atoms with Gasteiger partial charge in [0.2, 0.25) is 0 Å². The summed E-state index contributed by atoms with van der Waals surface area (Å²) in [4.78, 5) is 4.42. The lowest BCUT2D eigenvalue weighted by molar-refractivity contribution is 0.190. The number of hydrogen-bond donors (Lipinski definition) is 1. The summed E-state index contributed by atoms with van der Waals surface area (Å²) in [6.45, 7) is 0.756. The summed E-state index contributed by atoms with van der Waals surface area (Å²) in [6, 6.07) is 10.2. The fourth-order valence-electron chi connectivity index (χ4n) is 2.03. The number of rotatable bonds is 5. The molecule has 0 radical (unpaired) electrons. The van der Waals surface area contributed by atoms with E-state index in [1.807, 2.05) is 18.3 Å². The first-order valence-corrected chi connectivity index (χ1v) is 5.91. The van der Waals surface area contributed by atoms with Crippen LogP contribution in [-0.4, -0.2) is 18.7 Å². The summed E-state index contributed by atoms with van der Waals surface area (Å²) >= 11 is 0. The molecule has 0 aliphatic rings. The number of aromatic nitrogens is 1. The Labute approximate surface area is 102 Å². The highest BCUT2D eigenvalue weighted by atomic mass is 16.5. The summed E-state index contributed by atoms with van der Waals surface area (Å²) in [5, 5.41) is 1.15. The minimum Gasteiger partial charge on any atom is -0.385 e. The van der Waals surface area contributed by atoms with Crippen molar-refractivity contribution >= 4 is 10.9 Å². The van der Waals surface area contributed by atoms with Crippen molar-refractivity contribution in [2.45, 2.75) is 18.9 Å². The van der Waals surface area contributed by atoms with Crippen LogP contribution in [0.4, 0.5) is 0 Å². The number of para-hydroxylation sites is 1. The van der Waals surface area contributed by atoms with E-state index in [-0.39, 0.29) is 6.04 Å². The van der Waals surface area contributed by atoms with E-state index in [1.54, 1.807) is 7.11 Å². The Morgan fingerprint density at radius 2 is 2.12 bits per heavy atom. The van der Waals surface area contributed by atoms with Crippen molar-refractivity contribution in [2.24, 2.45) is 5.73 Å². The average molecular weight is 230 g/mol. The van der Waals surface area contributed by atoms with Gasteiger partial charge in [-0.25, -0.2) is 0 Å². The summed E-state index contributed by atoms with van der Waals surface area (Å²) in [7, 11) is 1.71. The molecule has 1 heterocycles. The van der Waals surface area contributed by atoms with Crippen LogP contribution in [0.25, 0.3) is 10.9 Å². The molecule has 1 unspecified atom stereocenters. The summed E-state index contributed by atoms with van der Waals surface area (Å²) in [5.74, 6) is 0. The van der Waals surface area contributed by atoms with Crippen molar-refractivity contribution in [2.75, 3.05) is 13.7 Å². The fourth-order valence-corrected chi connectivity index (χ4v) is 2.03. The summed E-state index contributed by atoms with van der Waals surface area (Å²) < 4.78 is 5.04. The SMILES string of the molecule is COCCCC(N)c1cccc2cccnc12. The highest BCUT2D eigenvalue weighted by molar-refractivity contribution is 5.81. The quantitative estimate of drug-likeness (QED) is 0.803. The highest BCUT2D eigenvalue weighted by Crippen LogP contribution is 2.23. The predicted octanol–water partition coefficient (Wildman–Crippen LogP) is 2.66. The molecule has 0 aliphatic carbocycles. The van der Waals surface area contributed by atoms with E-state index in [0.29, 0.717) is 0 Å². The molecule has 2 rings (SSSR count). The summed E-state index contributed by atoms with van der Waals surface area (Å²) in [5.41, 5.74) is 8.34. The predicted molar refractivity (Wildman–Crippen MR) is 69.8 cm³/mol. The van der Waals surface area contributed by atoms with Gasteiger partial charge >= 0.3 is 0 Å². The maximum atomic E-state index is 6.21. The largest absolute Gasteiger partial charge is 0.385 e. The van der Waals surface area contributed by atoms with Crippen molar-refractivity contribution in [1.29, 1.82) is 0 Å². The van der Waals surface area contributed by atoms with E-state index in [2.05, 4.69) is 23.2 Å².